The summed E-state index contributed by atoms with van der Waals surface area (Å²) in [5.74, 6) is 1.44. The lowest BCUT2D eigenvalue weighted by Gasteiger charge is -2.11. The highest BCUT2D eigenvalue weighted by molar-refractivity contribution is 5.85. The SMILES string of the molecule is Cc1cccc(Oc2ccnc3ccccc23)c1N. The van der Waals surface area contributed by atoms with E-state index in [2.05, 4.69) is 4.98 Å². The normalized spacial score (nSPS) is 10.6. The van der Waals surface area contributed by atoms with Crippen molar-refractivity contribution >= 4 is 16.6 Å². The molecule has 94 valence electrons. The number of benzene rings is 2. The highest BCUT2D eigenvalue weighted by atomic mass is 16.5. The molecule has 0 aliphatic rings. The molecule has 0 fully saturated rings. The van der Waals surface area contributed by atoms with Crippen LogP contribution in [0.4, 0.5) is 5.69 Å². The summed E-state index contributed by atoms with van der Waals surface area (Å²) in [4.78, 5) is 4.31. The van der Waals surface area contributed by atoms with Crippen LogP contribution in [0.1, 0.15) is 5.56 Å². The highest BCUT2D eigenvalue weighted by Gasteiger charge is 2.07. The lowest BCUT2D eigenvalue weighted by atomic mass is 10.2. The molecule has 0 aliphatic carbocycles. The van der Waals surface area contributed by atoms with Crippen LogP contribution in [0.15, 0.2) is 54.7 Å². The van der Waals surface area contributed by atoms with Gasteiger partial charge in [-0.25, -0.2) is 0 Å². The lowest BCUT2D eigenvalue weighted by Crippen LogP contribution is -1.95. The van der Waals surface area contributed by atoms with Crippen molar-refractivity contribution in [2.45, 2.75) is 6.92 Å². The summed E-state index contributed by atoms with van der Waals surface area (Å²) in [5, 5.41) is 0.978. The van der Waals surface area contributed by atoms with E-state index in [4.69, 9.17) is 10.5 Å². The van der Waals surface area contributed by atoms with E-state index in [0.29, 0.717) is 11.4 Å². The van der Waals surface area contributed by atoms with E-state index in [1.807, 2.05) is 55.5 Å². The van der Waals surface area contributed by atoms with Gasteiger partial charge in [0.1, 0.15) is 5.75 Å². The van der Waals surface area contributed by atoms with E-state index in [-0.39, 0.29) is 0 Å². The first-order valence-electron chi connectivity index (χ1n) is 6.12. The van der Waals surface area contributed by atoms with Gasteiger partial charge in [0.25, 0.3) is 0 Å². The van der Waals surface area contributed by atoms with Crippen LogP contribution in [0.3, 0.4) is 0 Å². The van der Waals surface area contributed by atoms with Gasteiger partial charge in [-0.3, -0.25) is 4.98 Å². The third-order valence-electron chi connectivity index (χ3n) is 3.11. The van der Waals surface area contributed by atoms with Crippen molar-refractivity contribution < 1.29 is 4.74 Å². The van der Waals surface area contributed by atoms with Crippen molar-refractivity contribution in [3.63, 3.8) is 0 Å². The number of nitrogen functional groups attached to an aromatic ring is 1. The number of hydrogen-bond donors (Lipinski definition) is 1. The molecule has 2 N–H and O–H groups in total. The summed E-state index contributed by atoms with van der Waals surface area (Å²) in [7, 11) is 0. The standard InChI is InChI=1S/C16H14N2O/c1-11-5-4-8-15(16(11)17)19-14-9-10-18-13-7-3-2-6-12(13)14/h2-10H,17H2,1H3. The second-order valence-corrected chi connectivity index (χ2v) is 4.42. The van der Waals surface area contributed by atoms with Crippen molar-refractivity contribution in [3.05, 3.63) is 60.3 Å². The smallest absolute Gasteiger partial charge is 0.150 e. The fraction of sp³-hybridized carbons (Fsp3) is 0.0625. The number of rotatable bonds is 2. The molecule has 0 amide bonds. The first-order valence-corrected chi connectivity index (χ1v) is 6.12. The van der Waals surface area contributed by atoms with Gasteiger partial charge in [0, 0.05) is 11.6 Å². The van der Waals surface area contributed by atoms with E-state index >= 15 is 0 Å². The molecule has 3 aromatic rings. The van der Waals surface area contributed by atoms with Gasteiger partial charge < -0.3 is 10.5 Å². The Balaban J connectivity index is 2.09. The first kappa shape index (κ1) is 11.5. The maximum atomic E-state index is 6.03. The molecule has 1 heterocycles. The summed E-state index contributed by atoms with van der Waals surface area (Å²) in [6.45, 7) is 1.97. The van der Waals surface area contributed by atoms with Gasteiger partial charge in [0.15, 0.2) is 5.75 Å². The zero-order valence-electron chi connectivity index (χ0n) is 10.6. The summed E-state index contributed by atoms with van der Waals surface area (Å²) in [5.41, 5.74) is 8.62. The molecule has 2 aromatic carbocycles. The maximum Gasteiger partial charge on any atom is 0.150 e. The molecule has 0 radical (unpaired) electrons. The van der Waals surface area contributed by atoms with Gasteiger partial charge in [-0.1, -0.05) is 24.3 Å². The predicted octanol–water partition coefficient (Wildman–Crippen LogP) is 3.92. The lowest BCUT2D eigenvalue weighted by molar-refractivity contribution is 0.490. The molecule has 0 bridgehead atoms. The second kappa shape index (κ2) is 4.61. The molecule has 0 spiro atoms. The summed E-state index contributed by atoms with van der Waals surface area (Å²) >= 11 is 0. The third kappa shape index (κ3) is 2.10. The van der Waals surface area contributed by atoms with Gasteiger partial charge in [0.05, 0.1) is 11.2 Å². The monoisotopic (exact) mass is 250 g/mol. The second-order valence-electron chi connectivity index (χ2n) is 4.42. The van der Waals surface area contributed by atoms with E-state index in [1.165, 1.54) is 0 Å². The van der Waals surface area contributed by atoms with Crippen LogP contribution in [0.2, 0.25) is 0 Å². The Kier molecular flexibility index (Phi) is 2.80. The highest BCUT2D eigenvalue weighted by Crippen LogP contribution is 2.32. The van der Waals surface area contributed by atoms with E-state index in [0.717, 1.165) is 22.2 Å². The molecule has 0 unspecified atom stereocenters. The van der Waals surface area contributed by atoms with Crippen LogP contribution in [0.25, 0.3) is 10.9 Å². The quantitative estimate of drug-likeness (QED) is 0.701. The number of para-hydroxylation sites is 2. The third-order valence-corrected chi connectivity index (χ3v) is 3.11. The fourth-order valence-corrected chi connectivity index (χ4v) is 2.02. The first-order chi connectivity index (χ1) is 9.25. The predicted molar refractivity (Wildman–Crippen MR) is 77.4 cm³/mol. The number of hydrogen-bond acceptors (Lipinski definition) is 3. The zero-order valence-corrected chi connectivity index (χ0v) is 10.6. The van der Waals surface area contributed by atoms with Crippen LogP contribution in [-0.4, -0.2) is 4.98 Å². The van der Waals surface area contributed by atoms with Crippen LogP contribution < -0.4 is 10.5 Å². The number of fused-ring (bicyclic) bond motifs is 1. The number of nitrogens with two attached hydrogens (primary N) is 1. The minimum Gasteiger partial charge on any atom is -0.454 e. The Labute approximate surface area is 111 Å². The molecule has 0 atom stereocenters. The Hall–Kier alpha value is -2.55. The maximum absolute atomic E-state index is 6.03. The van der Waals surface area contributed by atoms with Crippen molar-refractivity contribution in [2.24, 2.45) is 0 Å². The summed E-state index contributed by atoms with van der Waals surface area (Å²) in [6, 6.07) is 15.5. The Morgan fingerprint density at radius 3 is 2.68 bits per heavy atom. The minimum absolute atomic E-state index is 0.670. The topological polar surface area (TPSA) is 48.1 Å². The Bertz CT molecular complexity index is 732. The molecule has 3 rings (SSSR count). The molecule has 0 saturated heterocycles. The number of anilines is 1. The molecule has 0 aliphatic heterocycles. The molecule has 1 aromatic heterocycles. The number of nitrogens with zero attached hydrogens (tertiary/aromatic N) is 1. The fourth-order valence-electron chi connectivity index (χ4n) is 2.02. The van der Waals surface area contributed by atoms with Gasteiger partial charge >= 0.3 is 0 Å². The number of aryl methyl sites for hydroxylation is 1. The van der Waals surface area contributed by atoms with Gasteiger partial charge in [-0.15, -0.1) is 0 Å². The zero-order chi connectivity index (χ0) is 13.2. The summed E-state index contributed by atoms with van der Waals surface area (Å²) < 4.78 is 5.94. The summed E-state index contributed by atoms with van der Waals surface area (Å²) in [6.07, 6.45) is 1.74. The van der Waals surface area contributed by atoms with Crippen molar-refractivity contribution in [1.82, 2.24) is 4.98 Å². The average Bonchev–Trinajstić information content (AvgIpc) is 2.44. The number of pyridine rings is 1. The van der Waals surface area contributed by atoms with Crippen molar-refractivity contribution in [3.8, 4) is 11.5 Å². The van der Waals surface area contributed by atoms with Gasteiger partial charge in [-0.05, 0) is 36.8 Å². The minimum atomic E-state index is 0.670. The number of ether oxygens (including phenoxy) is 1. The molecular weight excluding hydrogens is 236 g/mol. The molecule has 3 nitrogen and oxygen atoms in total. The van der Waals surface area contributed by atoms with Crippen LogP contribution in [-0.2, 0) is 0 Å². The van der Waals surface area contributed by atoms with E-state index < -0.39 is 0 Å². The van der Waals surface area contributed by atoms with Crippen molar-refractivity contribution in [1.29, 1.82) is 0 Å². The van der Waals surface area contributed by atoms with E-state index in [1.54, 1.807) is 6.20 Å². The van der Waals surface area contributed by atoms with Crippen LogP contribution in [0.5, 0.6) is 11.5 Å². The van der Waals surface area contributed by atoms with Crippen LogP contribution >= 0.6 is 0 Å². The molecular formula is C16H14N2O. The van der Waals surface area contributed by atoms with Gasteiger partial charge in [-0.2, -0.15) is 0 Å². The molecule has 19 heavy (non-hydrogen) atoms. The van der Waals surface area contributed by atoms with Gasteiger partial charge in [0.2, 0.25) is 0 Å². The average molecular weight is 250 g/mol. The van der Waals surface area contributed by atoms with Crippen molar-refractivity contribution in [2.75, 3.05) is 5.73 Å². The van der Waals surface area contributed by atoms with Crippen LogP contribution in [0, 0.1) is 6.92 Å². The van der Waals surface area contributed by atoms with E-state index in [9.17, 15) is 0 Å². The molecule has 3 heteroatoms. The molecule has 0 saturated carbocycles. The Morgan fingerprint density at radius 1 is 0.947 bits per heavy atom. The number of aromatic nitrogens is 1. The Morgan fingerprint density at radius 2 is 1.79 bits per heavy atom. The largest absolute Gasteiger partial charge is 0.454 e.